The van der Waals surface area contributed by atoms with Gasteiger partial charge in [-0.25, -0.2) is 4.79 Å². The second-order valence-electron chi connectivity index (χ2n) is 6.25. The molecule has 26 heavy (non-hydrogen) atoms. The van der Waals surface area contributed by atoms with Crippen molar-refractivity contribution in [2.75, 3.05) is 45.9 Å². The number of ketones is 1. The molecule has 1 N–H and O–H groups in total. The van der Waals surface area contributed by atoms with Gasteiger partial charge in [-0.05, 0) is 31.2 Å². The largest absolute Gasteiger partial charge is 0.491 e. The number of aliphatic hydroxyl groups is 1. The summed E-state index contributed by atoms with van der Waals surface area (Å²) in [5, 5.41) is 10.2. The van der Waals surface area contributed by atoms with Crippen LogP contribution in [0.15, 0.2) is 24.3 Å². The molecule has 7 heteroatoms. The number of carbonyl (C=O) groups is 2. The summed E-state index contributed by atoms with van der Waals surface area (Å²) < 4.78 is 10.6. The van der Waals surface area contributed by atoms with Crippen molar-refractivity contribution in [3.63, 3.8) is 0 Å². The zero-order chi connectivity index (χ0) is 18.9. The Bertz CT molecular complexity index is 582. The predicted octanol–water partition coefficient (Wildman–Crippen LogP) is 1.79. The van der Waals surface area contributed by atoms with Crippen LogP contribution < -0.4 is 4.74 Å². The van der Waals surface area contributed by atoms with E-state index in [2.05, 4.69) is 4.90 Å². The van der Waals surface area contributed by atoms with Gasteiger partial charge in [-0.15, -0.1) is 0 Å². The normalized spacial score (nSPS) is 16.2. The minimum atomic E-state index is -0.624. The third-order valence-corrected chi connectivity index (χ3v) is 4.31. The van der Waals surface area contributed by atoms with Crippen molar-refractivity contribution < 1.29 is 24.2 Å². The molecule has 0 bridgehead atoms. The highest BCUT2D eigenvalue weighted by Gasteiger charge is 2.23. The van der Waals surface area contributed by atoms with Gasteiger partial charge in [0.2, 0.25) is 0 Å². The lowest BCUT2D eigenvalue weighted by Crippen LogP contribution is -2.51. The van der Waals surface area contributed by atoms with E-state index in [1.165, 1.54) is 0 Å². The first kappa shape index (κ1) is 20.2. The number of nitrogens with zero attached hydrogens (tertiary/aromatic N) is 2. The van der Waals surface area contributed by atoms with Crippen LogP contribution in [0.5, 0.6) is 5.75 Å². The Balaban J connectivity index is 1.70. The average molecular weight is 364 g/mol. The highest BCUT2D eigenvalue weighted by Crippen LogP contribution is 2.14. The molecule has 7 nitrogen and oxygen atoms in total. The third-order valence-electron chi connectivity index (χ3n) is 4.31. The second kappa shape index (κ2) is 10.1. The van der Waals surface area contributed by atoms with Crippen LogP contribution in [0.25, 0.3) is 0 Å². The molecule has 1 aromatic rings. The summed E-state index contributed by atoms with van der Waals surface area (Å²) in [6.45, 7) is 7.26. The first-order chi connectivity index (χ1) is 12.5. The highest BCUT2D eigenvalue weighted by molar-refractivity contribution is 5.95. The zero-order valence-electron chi connectivity index (χ0n) is 15.5. The van der Waals surface area contributed by atoms with Crippen LogP contribution in [0.3, 0.4) is 0 Å². The Hall–Kier alpha value is -2.12. The van der Waals surface area contributed by atoms with Gasteiger partial charge >= 0.3 is 6.09 Å². The van der Waals surface area contributed by atoms with Crippen molar-refractivity contribution in [2.24, 2.45) is 0 Å². The SMILES string of the molecule is CCOC(=O)N1CCN(C[C@H](O)COc2ccc(C(=O)CC)cc2)CC1. The Morgan fingerprint density at radius 2 is 1.77 bits per heavy atom. The van der Waals surface area contributed by atoms with E-state index in [4.69, 9.17) is 9.47 Å². The molecule has 1 aliphatic rings. The number of Topliss-reactive ketones (excluding diaryl/α,β-unsaturated/α-hetero) is 1. The van der Waals surface area contributed by atoms with Crippen LogP contribution >= 0.6 is 0 Å². The molecule has 2 rings (SSSR count). The number of rotatable bonds is 8. The van der Waals surface area contributed by atoms with Crippen molar-refractivity contribution in [1.82, 2.24) is 9.80 Å². The molecule has 1 heterocycles. The Morgan fingerprint density at radius 1 is 1.12 bits per heavy atom. The third kappa shape index (κ3) is 6.00. The van der Waals surface area contributed by atoms with E-state index in [0.29, 0.717) is 57.1 Å². The fourth-order valence-corrected chi connectivity index (χ4v) is 2.81. The monoisotopic (exact) mass is 364 g/mol. The van der Waals surface area contributed by atoms with E-state index in [1.807, 2.05) is 6.92 Å². The van der Waals surface area contributed by atoms with Crippen molar-refractivity contribution in [3.05, 3.63) is 29.8 Å². The second-order valence-corrected chi connectivity index (χ2v) is 6.25. The minimum absolute atomic E-state index is 0.0959. The molecule has 1 aliphatic heterocycles. The average Bonchev–Trinajstić information content (AvgIpc) is 2.67. The van der Waals surface area contributed by atoms with E-state index in [9.17, 15) is 14.7 Å². The molecule has 0 radical (unpaired) electrons. The van der Waals surface area contributed by atoms with Crippen LogP contribution in [0.2, 0.25) is 0 Å². The molecule has 1 amide bonds. The number of amides is 1. The van der Waals surface area contributed by atoms with Crippen LogP contribution in [-0.2, 0) is 4.74 Å². The van der Waals surface area contributed by atoms with Crippen LogP contribution in [-0.4, -0.2) is 78.8 Å². The van der Waals surface area contributed by atoms with Gasteiger partial charge in [-0.3, -0.25) is 9.69 Å². The van der Waals surface area contributed by atoms with Gasteiger partial charge in [0.1, 0.15) is 18.5 Å². The van der Waals surface area contributed by atoms with Crippen LogP contribution in [0.4, 0.5) is 4.79 Å². The number of piperazine rings is 1. The van der Waals surface area contributed by atoms with Gasteiger partial charge in [0, 0.05) is 44.7 Å². The number of β-amino-alcohol motifs (C(OH)–C–C–N with tert-alkyl or cyclic N) is 1. The standard InChI is InChI=1S/C19H28N2O5/c1-3-18(23)15-5-7-17(8-6-15)26-14-16(22)13-20-9-11-21(12-10-20)19(24)25-4-2/h5-8,16,22H,3-4,9-14H2,1-2H3/t16-/m0/s1. The Labute approximate surface area is 154 Å². The van der Waals surface area contributed by atoms with Gasteiger partial charge in [0.05, 0.1) is 6.61 Å². The summed E-state index contributed by atoms with van der Waals surface area (Å²) in [5.74, 6) is 0.724. The molecule has 0 saturated carbocycles. The fraction of sp³-hybridized carbons (Fsp3) is 0.579. The predicted molar refractivity (Wildman–Crippen MR) is 97.6 cm³/mol. The molecule has 0 unspecified atom stereocenters. The van der Waals surface area contributed by atoms with Crippen molar-refractivity contribution in [1.29, 1.82) is 0 Å². The van der Waals surface area contributed by atoms with Gasteiger partial charge in [-0.1, -0.05) is 6.92 Å². The van der Waals surface area contributed by atoms with E-state index < -0.39 is 6.10 Å². The number of hydrogen-bond donors (Lipinski definition) is 1. The molecule has 144 valence electrons. The molecule has 1 atom stereocenters. The van der Waals surface area contributed by atoms with Gasteiger partial charge in [0.25, 0.3) is 0 Å². The Kier molecular flexibility index (Phi) is 7.87. The molecular weight excluding hydrogens is 336 g/mol. The van der Waals surface area contributed by atoms with Gasteiger partial charge in [0.15, 0.2) is 5.78 Å². The van der Waals surface area contributed by atoms with Crippen molar-refractivity contribution in [2.45, 2.75) is 26.4 Å². The van der Waals surface area contributed by atoms with Crippen LogP contribution in [0.1, 0.15) is 30.6 Å². The molecule has 0 aliphatic carbocycles. The van der Waals surface area contributed by atoms with E-state index in [0.717, 1.165) is 0 Å². The summed E-state index contributed by atoms with van der Waals surface area (Å²) in [6.07, 6.45) is -0.426. The number of aliphatic hydroxyl groups excluding tert-OH is 1. The minimum Gasteiger partial charge on any atom is -0.491 e. The van der Waals surface area contributed by atoms with Crippen LogP contribution in [0, 0.1) is 0 Å². The van der Waals surface area contributed by atoms with E-state index in [1.54, 1.807) is 36.1 Å². The summed E-state index contributed by atoms with van der Waals surface area (Å²) in [6, 6.07) is 6.96. The molecule has 1 aromatic carbocycles. The fourth-order valence-electron chi connectivity index (χ4n) is 2.81. The summed E-state index contributed by atoms with van der Waals surface area (Å²) in [5.41, 5.74) is 0.667. The zero-order valence-corrected chi connectivity index (χ0v) is 15.5. The maximum Gasteiger partial charge on any atom is 0.409 e. The molecule has 0 aromatic heterocycles. The molecule has 0 spiro atoms. The number of carbonyl (C=O) groups excluding carboxylic acids is 2. The lowest BCUT2D eigenvalue weighted by atomic mass is 10.1. The lowest BCUT2D eigenvalue weighted by molar-refractivity contribution is 0.0407. The quantitative estimate of drug-likeness (QED) is 0.709. The lowest BCUT2D eigenvalue weighted by Gasteiger charge is -2.34. The molecule has 1 saturated heterocycles. The summed E-state index contributed by atoms with van der Waals surface area (Å²) >= 11 is 0. The van der Waals surface area contributed by atoms with Crippen molar-refractivity contribution >= 4 is 11.9 Å². The smallest absolute Gasteiger partial charge is 0.409 e. The highest BCUT2D eigenvalue weighted by atomic mass is 16.6. The molecule has 1 fully saturated rings. The maximum absolute atomic E-state index is 11.7. The van der Waals surface area contributed by atoms with Gasteiger partial charge in [-0.2, -0.15) is 0 Å². The molecular formula is C19H28N2O5. The maximum atomic E-state index is 11.7. The first-order valence-corrected chi connectivity index (χ1v) is 9.11. The van der Waals surface area contributed by atoms with Gasteiger partial charge < -0.3 is 19.5 Å². The van der Waals surface area contributed by atoms with Crippen molar-refractivity contribution in [3.8, 4) is 5.75 Å². The van der Waals surface area contributed by atoms with E-state index >= 15 is 0 Å². The first-order valence-electron chi connectivity index (χ1n) is 9.11. The van der Waals surface area contributed by atoms with E-state index in [-0.39, 0.29) is 18.5 Å². The number of ether oxygens (including phenoxy) is 2. The number of hydrogen-bond acceptors (Lipinski definition) is 6. The topological polar surface area (TPSA) is 79.3 Å². The number of benzene rings is 1. The summed E-state index contributed by atoms with van der Waals surface area (Å²) in [4.78, 5) is 27.0. The Morgan fingerprint density at radius 3 is 2.35 bits per heavy atom. The summed E-state index contributed by atoms with van der Waals surface area (Å²) in [7, 11) is 0.